The van der Waals surface area contributed by atoms with Crippen LogP contribution in [0.1, 0.15) is 16.7 Å². The van der Waals surface area contributed by atoms with E-state index >= 15 is 0 Å². The molecule has 0 aromatic heterocycles. The minimum absolute atomic E-state index is 0.182. The Bertz CT molecular complexity index is 564. The second kappa shape index (κ2) is 7.59. The number of nitrogens with two attached hydrogens (primary N) is 1. The average Bonchev–Trinajstić information content (AvgIpc) is 2.44. The molecule has 112 valence electrons. The molecule has 0 aliphatic heterocycles. The van der Waals surface area contributed by atoms with E-state index < -0.39 is 0 Å². The van der Waals surface area contributed by atoms with Crippen LogP contribution in [0.25, 0.3) is 0 Å². The highest BCUT2D eigenvalue weighted by Crippen LogP contribution is 2.20. The molecule has 0 spiro atoms. The first-order valence-electron chi connectivity index (χ1n) is 6.98. The van der Waals surface area contributed by atoms with Gasteiger partial charge in [-0.3, -0.25) is 11.3 Å². The maximum absolute atomic E-state index is 12.9. The topological polar surface area (TPSA) is 38.0 Å². The van der Waals surface area contributed by atoms with E-state index in [2.05, 4.69) is 37.5 Å². The van der Waals surface area contributed by atoms with Crippen molar-refractivity contribution in [2.24, 2.45) is 5.84 Å². The fourth-order valence-corrected chi connectivity index (χ4v) is 3.30. The molecule has 0 saturated carbocycles. The maximum atomic E-state index is 12.9. The number of halogens is 1. The molecule has 3 N–H and O–H groups in total. The molecular weight excluding hydrogens is 283 g/mol. The zero-order chi connectivity index (χ0) is 15.2. The SMILES string of the molecule is Cc1cc(C)cc(CC(CSc2ccc(F)cc2)NN)c1. The van der Waals surface area contributed by atoms with Crippen LogP contribution in [0.2, 0.25) is 0 Å². The summed E-state index contributed by atoms with van der Waals surface area (Å²) in [7, 11) is 0. The van der Waals surface area contributed by atoms with Crippen LogP contribution in [0.5, 0.6) is 0 Å². The van der Waals surface area contributed by atoms with Crippen molar-refractivity contribution in [2.45, 2.75) is 31.2 Å². The number of rotatable bonds is 6. The van der Waals surface area contributed by atoms with Gasteiger partial charge in [-0.25, -0.2) is 4.39 Å². The van der Waals surface area contributed by atoms with E-state index in [4.69, 9.17) is 5.84 Å². The summed E-state index contributed by atoms with van der Waals surface area (Å²) in [6.07, 6.45) is 0.882. The third kappa shape index (κ3) is 5.16. The van der Waals surface area contributed by atoms with Gasteiger partial charge < -0.3 is 0 Å². The number of benzene rings is 2. The molecule has 0 amide bonds. The lowest BCUT2D eigenvalue weighted by Crippen LogP contribution is -2.38. The molecule has 0 fully saturated rings. The Hall–Kier alpha value is -1.36. The van der Waals surface area contributed by atoms with E-state index in [0.29, 0.717) is 0 Å². The summed E-state index contributed by atoms with van der Waals surface area (Å²) < 4.78 is 12.9. The molecule has 2 nitrogen and oxygen atoms in total. The van der Waals surface area contributed by atoms with Crippen LogP contribution >= 0.6 is 11.8 Å². The molecule has 2 rings (SSSR count). The number of thioether (sulfide) groups is 1. The van der Waals surface area contributed by atoms with Crippen molar-refractivity contribution in [2.75, 3.05) is 5.75 Å². The van der Waals surface area contributed by atoms with Gasteiger partial charge in [0, 0.05) is 16.7 Å². The Morgan fingerprint density at radius 3 is 2.29 bits per heavy atom. The summed E-state index contributed by atoms with van der Waals surface area (Å²) in [5.41, 5.74) is 6.70. The fraction of sp³-hybridized carbons (Fsp3) is 0.294. The standard InChI is InChI=1S/C17H21FN2S/c1-12-7-13(2)9-14(8-12)10-16(20-19)11-21-17-5-3-15(18)4-6-17/h3-9,16,20H,10-11,19H2,1-2H3. The van der Waals surface area contributed by atoms with Gasteiger partial charge in [0.05, 0.1) is 0 Å². The first-order valence-corrected chi connectivity index (χ1v) is 7.97. The van der Waals surface area contributed by atoms with Crippen molar-refractivity contribution < 1.29 is 4.39 Å². The predicted octanol–water partition coefficient (Wildman–Crippen LogP) is 3.61. The van der Waals surface area contributed by atoms with E-state index in [0.717, 1.165) is 17.1 Å². The zero-order valence-corrected chi connectivity index (χ0v) is 13.2. The van der Waals surface area contributed by atoms with Gasteiger partial charge in [-0.15, -0.1) is 11.8 Å². The van der Waals surface area contributed by atoms with Gasteiger partial charge in [0.2, 0.25) is 0 Å². The normalized spacial score (nSPS) is 12.4. The lowest BCUT2D eigenvalue weighted by Gasteiger charge is -2.16. The summed E-state index contributed by atoms with van der Waals surface area (Å²) in [5, 5.41) is 0. The predicted molar refractivity (Wildman–Crippen MR) is 87.9 cm³/mol. The Morgan fingerprint density at radius 2 is 1.71 bits per heavy atom. The summed E-state index contributed by atoms with van der Waals surface area (Å²) in [6.45, 7) is 4.21. The molecule has 2 aromatic rings. The van der Waals surface area contributed by atoms with Gasteiger partial charge in [-0.1, -0.05) is 29.3 Å². The highest BCUT2D eigenvalue weighted by Gasteiger charge is 2.09. The molecule has 21 heavy (non-hydrogen) atoms. The van der Waals surface area contributed by atoms with E-state index in [-0.39, 0.29) is 11.9 Å². The molecular formula is C17H21FN2S. The van der Waals surface area contributed by atoms with Crippen LogP contribution in [0.3, 0.4) is 0 Å². The average molecular weight is 304 g/mol. The monoisotopic (exact) mass is 304 g/mol. The second-order valence-electron chi connectivity index (χ2n) is 5.33. The Morgan fingerprint density at radius 1 is 1.10 bits per heavy atom. The number of aryl methyl sites for hydroxylation is 2. The van der Waals surface area contributed by atoms with Crippen molar-refractivity contribution in [3.05, 3.63) is 65.0 Å². The van der Waals surface area contributed by atoms with Gasteiger partial charge in [0.1, 0.15) is 5.82 Å². The van der Waals surface area contributed by atoms with E-state index in [1.807, 2.05) is 0 Å². The largest absolute Gasteiger partial charge is 0.271 e. The van der Waals surface area contributed by atoms with Crippen LogP contribution in [0.4, 0.5) is 4.39 Å². The maximum Gasteiger partial charge on any atom is 0.123 e. The molecule has 0 heterocycles. The highest BCUT2D eigenvalue weighted by molar-refractivity contribution is 7.99. The lowest BCUT2D eigenvalue weighted by molar-refractivity contribution is 0.575. The molecule has 0 aliphatic carbocycles. The van der Waals surface area contributed by atoms with Crippen molar-refractivity contribution >= 4 is 11.8 Å². The van der Waals surface area contributed by atoms with Gasteiger partial charge in [0.15, 0.2) is 0 Å². The summed E-state index contributed by atoms with van der Waals surface area (Å²) >= 11 is 1.68. The molecule has 4 heteroatoms. The van der Waals surface area contributed by atoms with Gasteiger partial charge >= 0.3 is 0 Å². The van der Waals surface area contributed by atoms with Crippen molar-refractivity contribution in [1.29, 1.82) is 0 Å². The van der Waals surface area contributed by atoms with Gasteiger partial charge in [-0.2, -0.15) is 0 Å². The quantitative estimate of drug-likeness (QED) is 0.486. The van der Waals surface area contributed by atoms with Crippen LogP contribution in [0.15, 0.2) is 47.4 Å². The number of hydrogen-bond donors (Lipinski definition) is 2. The number of hydrogen-bond acceptors (Lipinski definition) is 3. The Labute approximate surface area is 129 Å². The van der Waals surface area contributed by atoms with Gasteiger partial charge in [-0.05, 0) is 50.1 Å². The van der Waals surface area contributed by atoms with Crippen LogP contribution in [0, 0.1) is 19.7 Å². The summed E-state index contributed by atoms with van der Waals surface area (Å²) in [5.74, 6) is 6.30. The summed E-state index contributed by atoms with van der Waals surface area (Å²) in [6, 6.07) is 13.3. The molecule has 2 aromatic carbocycles. The minimum Gasteiger partial charge on any atom is -0.271 e. The zero-order valence-electron chi connectivity index (χ0n) is 12.4. The molecule has 1 unspecified atom stereocenters. The Balaban J connectivity index is 1.95. The van der Waals surface area contributed by atoms with Crippen LogP contribution in [-0.4, -0.2) is 11.8 Å². The van der Waals surface area contributed by atoms with Crippen LogP contribution < -0.4 is 11.3 Å². The van der Waals surface area contributed by atoms with Crippen LogP contribution in [-0.2, 0) is 6.42 Å². The van der Waals surface area contributed by atoms with E-state index in [9.17, 15) is 4.39 Å². The van der Waals surface area contributed by atoms with Crippen molar-refractivity contribution in [3.63, 3.8) is 0 Å². The Kier molecular flexibility index (Phi) is 5.79. The number of hydrazine groups is 1. The van der Waals surface area contributed by atoms with Crippen molar-refractivity contribution in [3.8, 4) is 0 Å². The molecule has 0 bridgehead atoms. The van der Waals surface area contributed by atoms with E-state index in [1.54, 1.807) is 23.9 Å². The molecule has 1 atom stereocenters. The van der Waals surface area contributed by atoms with Gasteiger partial charge in [0.25, 0.3) is 0 Å². The third-order valence-electron chi connectivity index (χ3n) is 3.26. The summed E-state index contributed by atoms with van der Waals surface area (Å²) in [4.78, 5) is 1.05. The third-order valence-corrected chi connectivity index (χ3v) is 4.44. The fourth-order valence-electron chi connectivity index (χ4n) is 2.36. The first kappa shape index (κ1) is 16.0. The van der Waals surface area contributed by atoms with Crippen molar-refractivity contribution in [1.82, 2.24) is 5.43 Å². The second-order valence-corrected chi connectivity index (χ2v) is 6.42. The lowest BCUT2D eigenvalue weighted by atomic mass is 10.0. The van der Waals surface area contributed by atoms with E-state index in [1.165, 1.54) is 28.8 Å². The highest BCUT2D eigenvalue weighted by atomic mass is 32.2. The smallest absolute Gasteiger partial charge is 0.123 e. The first-order chi connectivity index (χ1) is 10.1. The molecule has 0 aliphatic rings. The minimum atomic E-state index is -0.205. The number of nitrogens with one attached hydrogen (secondary N) is 1. The molecule has 0 radical (unpaired) electrons. The molecule has 0 saturated heterocycles.